The predicted octanol–water partition coefficient (Wildman–Crippen LogP) is 1.72. The summed E-state index contributed by atoms with van der Waals surface area (Å²) < 4.78 is 12.8. The molecule has 1 aliphatic rings. The number of aromatic nitrogens is 2. The zero-order valence-corrected chi connectivity index (χ0v) is 17.9. The summed E-state index contributed by atoms with van der Waals surface area (Å²) in [5, 5.41) is 7.64. The summed E-state index contributed by atoms with van der Waals surface area (Å²) in [7, 11) is 5.35. The summed E-state index contributed by atoms with van der Waals surface area (Å²) in [4.78, 5) is 9.59. The topological polar surface area (TPSA) is 67.2 Å². The molecule has 1 saturated heterocycles. The van der Waals surface area contributed by atoms with Gasteiger partial charge in [0.2, 0.25) is 0 Å². The third-order valence-electron chi connectivity index (χ3n) is 5.20. The number of methoxy groups -OCH3 is 2. The van der Waals surface area contributed by atoms with Crippen LogP contribution in [0.2, 0.25) is 0 Å². The molecule has 8 heteroatoms. The van der Waals surface area contributed by atoms with E-state index >= 15 is 0 Å². The lowest BCUT2D eigenvalue weighted by Gasteiger charge is -2.36. The molecule has 0 bridgehead atoms. The summed E-state index contributed by atoms with van der Waals surface area (Å²) in [6.07, 6.45) is 1.81. The first kappa shape index (κ1) is 21.0. The maximum Gasteiger partial charge on any atom is 0.194 e. The Balaban J connectivity index is 1.60. The fourth-order valence-electron chi connectivity index (χ4n) is 3.50. The molecule has 1 aliphatic heterocycles. The Morgan fingerprint density at radius 3 is 2.55 bits per heavy atom. The number of ether oxygens (including phenoxy) is 2. The maximum absolute atomic E-state index is 5.53. The predicted molar refractivity (Wildman–Crippen MR) is 114 cm³/mol. The average Bonchev–Trinajstić information content (AvgIpc) is 3.16. The Labute approximate surface area is 173 Å². The molecule has 0 amide bonds. The van der Waals surface area contributed by atoms with Crippen molar-refractivity contribution in [3.63, 3.8) is 0 Å². The number of guanidine groups is 1. The minimum atomic E-state index is 0.625. The van der Waals surface area contributed by atoms with E-state index in [1.54, 1.807) is 14.2 Å². The minimum Gasteiger partial charge on any atom is -0.497 e. The first-order valence-electron chi connectivity index (χ1n) is 10.1. The molecule has 8 nitrogen and oxygen atoms in total. The number of rotatable bonds is 7. The molecule has 29 heavy (non-hydrogen) atoms. The van der Waals surface area contributed by atoms with Crippen molar-refractivity contribution in [3.8, 4) is 11.5 Å². The van der Waals surface area contributed by atoms with Crippen LogP contribution in [0.3, 0.4) is 0 Å². The number of nitrogens with one attached hydrogen (secondary N) is 1. The van der Waals surface area contributed by atoms with Gasteiger partial charge in [-0.05, 0) is 31.2 Å². The number of aryl methyl sites for hydroxylation is 1. The highest BCUT2D eigenvalue weighted by Crippen LogP contribution is 2.25. The zero-order chi connectivity index (χ0) is 20.6. The van der Waals surface area contributed by atoms with E-state index in [0.29, 0.717) is 6.54 Å². The van der Waals surface area contributed by atoms with Gasteiger partial charge in [0.05, 0.1) is 26.5 Å². The molecule has 0 spiro atoms. The largest absolute Gasteiger partial charge is 0.497 e. The highest BCUT2D eigenvalue weighted by molar-refractivity contribution is 5.80. The van der Waals surface area contributed by atoms with Gasteiger partial charge in [0.25, 0.3) is 0 Å². The molecule has 3 rings (SSSR count). The molecule has 1 aromatic carbocycles. The average molecular weight is 401 g/mol. The van der Waals surface area contributed by atoms with Crippen LogP contribution < -0.4 is 14.8 Å². The second-order valence-corrected chi connectivity index (χ2v) is 7.06. The first-order valence-corrected chi connectivity index (χ1v) is 10.1. The van der Waals surface area contributed by atoms with Crippen LogP contribution in [0.25, 0.3) is 0 Å². The van der Waals surface area contributed by atoms with Gasteiger partial charge < -0.3 is 19.7 Å². The Morgan fingerprint density at radius 2 is 1.93 bits per heavy atom. The maximum atomic E-state index is 5.53. The van der Waals surface area contributed by atoms with Crippen LogP contribution in [0, 0.1) is 0 Å². The molecule has 158 valence electrons. The highest BCUT2D eigenvalue weighted by Gasteiger charge is 2.21. The van der Waals surface area contributed by atoms with Gasteiger partial charge in [-0.2, -0.15) is 5.10 Å². The summed E-state index contributed by atoms with van der Waals surface area (Å²) in [6.45, 7) is 8.23. The molecule has 0 atom stereocenters. The molecular weight excluding hydrogens is 368 g/mol. The van der Waals surface area contributed by atoms with E-state index in [-0.39, 0.29) is 0 Å². The monoisotopic (exact) mass is 400 g/mol. The number of hydrogen-bond donors (Lipinski definition) is 1. The van der Waals surface area contributed by atoms with E-state index < -0.39 is 0 Å². The number of aliphatic imine (C=N–C) groups is 1. The number of nitrogens with zero attached hydrogens (tertiary/aromatic N) is 5. The Hall–Kier alpha value is -2.74. The van der Waals surface area contributed by atoms with Crippen LogP contribution >= 0.6 is 0 Å². The van der Waals surface area contributed by atoms with Crippen molar-refractivity contribution in [2.75, 3.05) is 46.9 Å². The van der Waals surface area contributed by atoms with E-state index in [1.165, 1.54) is 0 Å². The van der Waals surface area contributed by atoms with Crippen LogP contribution in [0.15, 0.2) is 35.5 Å². The molecule has 0 radical (unpaired) electrons. The van der Waals surface area contributed by atoms with Gasteiger partial charge in [-0.15, -0.1) is 0 Å². The second-order valence-electron chi connectivity index (χ2n) is 7.06. The van der Waals surface area contributed by atoms with Gasteiger partial charge in [-0.1, -0.05) is 0 Å². The van der Waals surface area contributed by atoms with E-state index in [2.05, 4.69) is 33.2 Å². The quantitative estimate of drug-likeness (QED) is 0.564. The highest BCUT2D eigenvalue weighted by atomic mass is 16.5. The van der Waals surface area contributed by atoms with E-state index in [0.717, 1.165) is 68.0 Å². The Bertz CT molecular complexity index is 811. The molecule has 2 aromatic rings. The summed E-state index contributed by atoms with van der Waals surface area (Å²) in [6, 6.07) is 7.97. The zero-order valence-electron chi connectivity index (χ0n) is 17.9. The summed E-state index contributed by atoms with van der Waals surface area (Å²) in [5.74, 6) is 2.72. The van der Waals surface area contributed by atoms with Gasteiger partial charge in [0, 0.05) is 58.1 Å². The van der Waals surface area contributed by atoms with E-state index in [1.807, 2.05) is 36.1 Å². The van der Waals surface area contributed by atoms with E-state index in [4.69, 9.17) is 14.5 Å². The standard InChI is InChI=1S/C21H32N6O2/c1-5-22-21(23-15-18-8-9-24-25(18)2)27-12-10-26(11-13-27)16-17-14-19(28-3)6-7-20(17)29-4/h6-9,14H,5,10-13,15-16H2,1-4H3,(H,22,23). The number of hydrogen-bond acceptors (Lipinski definition) is 5. The normalized spacial score (nSPS) is 15.4. The minimum absolute atomic E-state index is 0.625. The van der Waals surface area contributed by atoms with Gasteiger partial charge in [0.15, 0.2) is 5.96 Å². The lowest BCUT2D eigenvalue weighted by Crippen LogP contribution is -2.52. The van der Waals surface area contributed by atoms with Crippen molar-refractivity contribution in [3.05, 3.63) is 41.7 Å². The van der Waals surface area contributed by atoms with Crippen LogP contribution in [0.5, 0.6) is 11.5 Å². The van der Waals surface area contributed by atoms with E-state index in [9.17, 15) is 0 Å². The molecule has 1 aromatic heterocycles. The van der Waals surface area contributed by atoms with Crippen molar-refractivity contribution in [1.29, 1.82) is 0 Å². The third kappa shape index (κ3) is 5.41. The molecule has 0 saturated carbocycles. The number of piperazine rings is 1. The van der Waals surface area contributed by atoms with Gasteiger partial charge in [-0.25, -0.2) is 4.99 Å². The SMILES string of the molecule is CCNC(=NCc1ccnn1C)N1CCN(Cc2cc(OC)ccc2OC)CC1. The molecule has 0 aliphatic carbocycles. The van der Waals surface area contributed by atoms with Gasteiger partial charge in [0.1, 0.15) is 11.5 Å². The van der Waals surface area contributed by atoms with Crippen LogP contribution in [-0.4, -0.2) is 72.5 Å². The number of benzene rings is 1. The molecule has 0 unspecified atom stereocenters. The van der Waals surface area contributed by atoms with Crippen molar-refractivity contribution in [1.82, 2.24) is 24.9 Å². The van der Waals surface area contributed by atoms with Crippen LogP contribution in [-0.2, 0) is 20.1 Å². The van der Waals surface area contributed by atoms with Crippen molar-refractivity contribution >= 4 is 5.96 Å². The second kappa shape index (κ2) is 10.2. The fourth-order valence-corrected chi connectivity index (χ4v) is 3.50. The molecule has 2 heterocycles. The fraction of sp³-hybridized carbons (Fsp3) is 0.524. The first-order chi connectivity index (χ1) is 14.1. The third-order valence-corrected chi connectivity index (χ3v) is 5.20. The Kier molecular flexibility index (Phi) is 7.35. The van der Waals surface area contributed by atoms with Crippen molar-refractivity contribution < 1.29 is 9.47 Å². The summed E-state index contributed by atoms with van der Waals surface area (Å²) in [5.41, 5.74) is 2.25. The molecule has 1 fully saturated rings. The van der Waals surface area contributed by atoms with Crippen LogP contribution in [0.4, 0.5) is 0 Å². The van der Waals surface area contributed by atoms with Crippen molar-refractivity contribution in [2.45, 2.75) is 20.0 Å². The molecule has 1 N–H and O–H groups in total. The summed E-state index contributed by atoms with van der Waals surface area (Å²) >= 11 is 0. The Morgan fingerprint density at radius 1 is 1.14 bits per heavy atom. The lowest BCUT2D eigenvalue weighted by molar-refractivity contribution is 0.171. The van der Waals surface area contributed by atoms with Gasteiger partial charge >= 0.3 is 0 Å². The van der Waals surface area contributed by atoms with Gasteiger partial charge in [-0.3, -0.25) is 9.58 Å². The van der Waals surface area contributed by atoms with Crippen LogP contribution in [0.1, 0.15) is 18.2 Å². The van der Waals surface area contributed by atoms with Crippen molar-refractivity contribution in [2.24, 2.45) is 12.0 Å². The molecular formula is C21H32N6O2. The lowest BCUT2D eigenvalue weighted by atomic mass is 10.1. The smallest absolute Gasteiger partial charge is 0.194 e.